The van der Waals surface area contributed by atoms with E-state index in [-0.39, 0.29) is 17.7 Å². The van der Waals surface area contributed by atoms with Crippen molar-refractivity contribution in [3.05, 3.63) is 47.4 Å². The summed E-state index contributed by atoms with van der Waals surface area (Å²) in [5, 5.41) is 0. The lowest BCUT2D eigenvalue weighted by molar-refractivity contribution is -0.137. The Morgan fingerprint density at radius 3 is 2.31 bits per heavy atom. The molecule has 1 aromatic carbocycles. The van der Waals surface area contributed by atoms with Gasteiger partial charge in [0.1, 0.15) is 0 Å². The van der Waals surface area contributed by atoms with Crippen LogP contribution in [0.4, 0.5) is 0 Å². The van der Waals surface area contributed by atoms with Gasteiger partial charge in [0.15, 0.2) is 17.3 Å². The van der Waals surface area contributed by atoms with E-state index in [0.717, 1.165) is 17.7 Å². The zero-order valence-electron chi connectivity index (χ0n) is 16.8. The number of nitrogens with zero attached hydrogens (tertiary/aromatic N) is 2. The van der Waals surface area contributed by atoms with Gasteiger partial charge in [-0.2, -0.15) is 0 Å². The smallest absolute Gasteiger partial charge is 0.289 e. The zero-order valence-corrected chi connectivity index (χ0v) is 16.8. The van der Waals surface area contributed by atoms with Crippen LogP contribution in [0, 0.1) is 5.92 Å². The van der Waals surface area contributed by atoms with Crippen LogP contribution in [0.25, 0.3) is 0 Å². The van der Waals surface area contributed by atoms with Gasteiger partial charge in [0.25, 0.3) is 5.91 Å². The summed E-state index contributed by atoms with van der Waals surface area (Å²) in [6, 6.07) is 7.36. The van der Waals surface area contributed by atoms with Crippen LogP contribution in [-0.4, -0.2) is 55.5 Å². The Hall–Kier alpha value is -2.96. The molecule has 2 aromatic rings. The van der Waals surface area contributed by atoms with Crippen LogP contribution in [0.3, 0.4) is 0 Å². The molecule has 1 saturated heterocycles. The molecular weight excluding hydrogens is 372 g/mol. The maximum Gasteiger partial charge on any atom is 0.289 e. The fraction of sp³-hybridized carbons (Fsp3) is 0.455. The lowest BCUT2D eigenvalue weighted by Gasteiger charge is -2.36. The number of carbonyl (C=O) groups excluding carboxylic acids is 2. The van der Waals surface area contributed by atoms with E-state index in [9.17, 15) is 9.59 Å². The van der Waals surface area contributed by atoms with Gasteiger partial charge in [-0.1, -0.05) is 0 Å². The number of ether oxygens (including phenoxy) is 2. The quantitative estimate of drug-likeness (QED) is 0.792. The molecule has 1 fully saturated rings. The second-order valence-corrected chi connectivity index (χ2v) is 7.53. The maximum atomic E-state index is 13.1. The molecule has 7 heteroatoms. The van der Waals surface area contributed by atoms with E-state index in [1.54, 1.807) is 31.3 Å². The van der Waals surface area contributed by atoms with Crippen molar-refractivity contribution >= 4 is 11.8 Å². The summed E-state index contributed by atoms with van der Waals surface area (Å²) in [5.74, 6) is 1.79. The van der Waals surface area contributed by atoms with E-state index in [1.165, 1.54) is 11.8 Å². The molecule has 0 atom stereocenters. The summed E-state index contributed by atoms with van der Waals surface area (Å²) in [6.07, 6.45) is 3.67. The Balaban J connectivity index is 1.38. The molecule has 0 N–H and O–H groups in total. The first kappa shape index (κ1) is 19.4. The molecule has 4 rings (SSSR count). The minimum Gasteiger partial charge on any atom is -0.493 e. The van der Waals surface area contributed by atoms with Gasteiger partial charge in [0.05, 0.1) is 20.5 Å². The number of hydrogen-bond donors (Lipinski definition) is 0. The van der Waals surface area contributed by atoms with Crippen molar-refractivity contribution in [2.75, 3.05) is 33.9 Å². The largest absolute Gasteiger partial charge is 0.493 e. The molecule has 29 heavy (non-hydrogen) atoms. The lowest BCUT2D eigenvalue weighted by atomic mass is 9.92. The fourth-order valence-corrected chi connectivity index (χ4v) is 4.22. The Bertz CT molecular complexity index is 885. The van der Waals surface area contributed by atoms with Crippen LogP contribution < -0.4 is 9.47 Å². The van der Waals surface area contributed by atoms with E-state index >= 15 is 0 Å². The van der Waals surface area contributed by atoms with Crippen molar-refractivity contribution in [3.8, 4) is 11.5 Å². The van der Waals surface area contributed by atoms with Crippen LogP contribution in [0.2, 0.25) is 0 Å². The van der Waals surface area contributed by atoms with E-state index in [4.69, 9.17) is 13.9 Å². The van der Waals surface area contributed by atoms with E-state index in [0.29, 0.717) is 50.5 Å². The van der Waals surface area contributed by atoms with E-state index in [2.05, 4.69) is 0 Å². The predicted molar refractivity (Wildman–Crippen MR) is 106 cm³/mol. The van der Waals surface area contributed by atoms with Gasteiger partial charge in [-0.3, -0.25) is 9.59 Å². The van der Waals surface area contributed by atoms with Gasteiger partial charge in [-0.05, 0) is 54.7 Å². The summed E-state index contributed by atoms with van der Waals surface area (Å²) in [6.45, 7) is 2.43. The number of furan rings is 1. The number of hydrogen-bond acceptors (Lipinski definition) is 5. The molecule has 2 aliphatic rings. The molecule has 154 valence electrons. The number of methoxy groups -OCH3 is 2. The SMILES string of the molecule is COc1cc2c(cc1OC)CN(C(=O)C1CCN(C(=O)c3ccco3)CC1)CC2. The third-order valence-corrected chi connectivity index (χ3v) is 5.89. The number of carbonyl (C=O) groups is 2. The molecule has 0 aliphatic carbocycles. The summed E-state index contributed by atoms with van der Waals surface area (Å²) in [5.41, 5.74) is 2.30. The highest BCUT2D eigenvalue weighted by Gasteiger charge is 2.32. The summed E-state index contributed by atoms with van der Waals surface area (Å²) in [7, 11) is 3.25. The molecule has 0 saturated carbocycles. The predicted octanol–water partition coefficient (Wildman–Crippen LogP) is 2.73. The van der Waals surface area contributed by atoms with Crippen LogP contribution in [0.1, 0.15) is 34.5 Å². The molecule has 1 aromatic heterocycles. The summed E-state index contributed by atoms with van der Waals surface area (Å²) >= 11 is 0. The minimum absolute atomic E-state index is 0.0441. The standard InChI is InChI=1S/C22H26N2O5/c1-27-19-12-16-7-10-24(14-17(16)13-20(19)28-2)21(25)15-5-8-23(9-6-15)22(26)18-4-3-11-29-18/h3-4,11-13,15H,5-10,14H2,1-2H3. The van der Waals surface area contributed by atoms with Crippen molar-refractivity contribution in [2.24, 2.45) is 5.92 Å². The average Bonchev–Trinajstić information content (AvgIpc) is 3.31. The topological polar surface area (TPSA) is 72.2 Å². The van der Waals surface area contributed by atoms with E-state index < -0.39 is 0 Å². The molecule has 0 unspecified atom stereocenters. The number of rotatable bonds is 4. The Labute approximate surface area is 170 Å². The number of piperidine rings is 1. The molecular formula is C22H26N2O5. The van der Waals surface area contributed by atoms with E-state index in [1.807, 2.05) is 17.0 Å². The van der Waals surface area contributed by atoms with Crippen molar-refractivity contribution in [3.63, 3.8) is 0 Å². The zero-order chi connectivity index (χ0) is 20.4. The Morgan fingerprint density at radius 1 is 1.00 bits per heavy atom. The molecule has 7 nitrogen and oxygen atoms in total. The number of amides is 2. The molecule has 0 bridgehead atoms. The normalized spacial score (nSPS) is 17.0. The average molecular weight is 398 g/mol. The van der Waals surface area contributed by atoms with Crippen LogP contribution in [-0.2, 0) is 17.8 Å². The van der Waals surface area contributed by atoms with Gasteiger partial charge in [-0.15, -0.1) is 0 Å². The first-order chi connectivity index (χ1) is 14.1. The lowest BCUT2D eigenvalue weighted by Crippen LogP contribution is -2.45. The summed E-state index contributed by atoms with van der Waals surface area (Å²) < 4.78 is 16.0. The molecule has 0 radical (unpaired) electrons. The van der Waals surface area contributed by atoms with Crippen LogP contribution in [0.15, 0.2) is 34.9 Å². The third kappa shape index (κ3) is 3.81. The molecule has 2 amide bonds. The minimum atomic E-state index is -0.103. The highest BCUT2D eigenvalue weighted by molar-refractivity contribution is 5.91. The molecule has 0 spiro atoms. The van der Waals surface area contributed by atoms with Gasteiger partial charge < -0.3 is 23.7 Å². The fourth-order valence-electron chi connectivity index (χ4n) is 4.22. The first-order valence-corrected chi connectivity index (χ1v) is 9.96. The second kappa shape index (κ2) is 8.19. The molecule has 2 aliphatic heterocycles. The van der Waals surface area contributed by atoms with Gasteiger partial charge in [0.2, 0.25) is 5.91 Å². The highest BCUT2D eigenvalue weighted by Crippen LogP contribution is 2.34. The molecule has 3 heterocycles. The first-order valence-electron chi connectivity index (χ1n) is 9.96. The maximum absolute atomic E-state index is 13.1. The van der Waals surface area contributed by atoms with Crippen molar-refractivity contribution in [2.45, 2.75) is 25.8 Å². The van der Waals surface area contributed by atoms with Crippen LogP contribution in [0.5, 0.6) is 11.5 Å². The van der Waals surface area contributed by atoms with Crippen molar-refractivity contribution < 1.29 is 23.5 Å². The third-order valence-electron chi connectivity index (χ3n) is 5.89. The van der Waals surface area contributed by atoms with Crippen molar-refractivity contribution in [1.82, 2.24) is 9.80 Å². The monoisotopic (exact) mass is 398 g/mol. The van der Waals surface area contributed by atoms with Crippen LogP contribution >= 0.6 is 0 Å². The number of fused-ring (bicyclic) bond motifs is 1. The number of benzene rings is 1. The Morgan fingerprint density at radius 2 is 1.69 bits per heavy atom. The van der Waals surface area contributed by atoms with Gasteiger partial charge in [0, 0.05) is 32.1 Å². The second-order valence-electron chi connectivity index (χ2n) is 7.53. The van der Waals surface area contributed by atoms with Crippen molar-refractivity contribution in [1.29, 1.82) is 0 Å². The summed E-state index contributed by atoms with van der Waals surface area (Å²) in [4.78, 5) is 29.2. The number of likely N-dealkylation sites (tertiary alicyclic amines) is 1. The van der Waals surface area contributed by atoms with Gasteiger partial charge in [-0.25, -0.2) is 0 Å². The van der Waals surface area contributed by atoms with Gasteiger partial charge >= 0.3 is 0 Å². The highest BCUT2D eigenvalue weighted by atomic mass is 16.5. The Kier molecular flexibility index (Phi) is 5.47.